The van der Waals surface area contributed by atoms with Crippen LogP contribution in [-0.2, 0) is 11.3 Å². The number of aliphatic imine (C=N–C) groups is 1. The summed E-state index contributed by atoms with van der Waals surface area (Å²) in [4.78, 5) is 19.5. The molecule has 0 aliphatic carbocycles. The number of benzene rings is 1. The highest BCUT2D eigenvalue weighted by Gasteiger charge is 2.30. The van der Waals surface area contributed by atoms with Crippen LogP contribution in [0.4, 0.5) is 0 Å². The lowest BCUT2D eigenvalue weighted by molar-refractivity contribution is -0.125. The smallest absolute Gasteiger partial charge is 0.272 e. The lowest BCUT2D eigenvalue weighted by Gasteiger charge is -2.35. The van der Waals surface area contributed by atoms with Gasteiger partial charge < -0.3 is 16.4 Å². The molecule has 1 aliphatic heterocycles. The summed E-state index contributed by atoms with van der Waals surface area (Å²) in [5, 5.41) is 10.1. The molecule has 7 heteroatoms. The van der Waals surface area contributed by atoms with Gasteiger partial charge in [0.05, 0.1) is 10.6 Å². The number of fused-ring (bicyclic) bond motifs is 1. The van der Waals surface area contributed by atoms with E-state index in [0.29, 0.717) is 18.8 Å². The molecule has 1 atom stereocenters. The second kappa shape index (κ2) is 8.67. The van der Waals surface area contributed by atoms with Crippen LogP contribution < -0.4 is 11.5 Å². The number of carbonyl (C=O) groups excluding carboxylic acids is 1. The number of nitrogens with one attached hydrogen (secondary N) is 1. The van der Waals surface area contributed by atoms with Crippen LogP contribution in [0, 0.1) is 5.41 Å². The van der Waals surface area contributed by atoms with Crippen molar-refractivity contribution >= 4 is 34.9 Å². The summed E-state index contributed by atoms with van der Waals surface area (Å²) in [6.45, 7) is 0.877. The molecule has 0 fully saturated rings. The fourth-order valence-electron chi connectivity index (χ4n) is 3.35. The van der Waals surface area contributed by atoms with E-state index in [0.717, 1.165) is 21.6 Å². The minimum absolute atomic E-state index is 0.0889. The van der Waals surface area contributed by atoms with Crippen LogP contribution in [0.3, 0.4) is 0 Å². The molecule has 0 saturated heterocycles. The number of amides is 1. The van der Waals surface area contributed by atoms with E-state index in [4.69, 9.17) is 16.9 Å². The second-order valence-electron chi connectivity index (χ2n) is 6.48. The van der Waals surface area contributed by atoms with Crippen LogP contribution in [-0.4, -0.2) is 36.3 Å². The van der Waals surface area contributed by atoms with E-state index in [1.807, 2.05) is 35.7 Å². The zero-order chi connectivity index (χ0) is 20.1. The molecule has 6 nitrogen and oxygen atoms in total. The first-order chi connectivity index (χ1) is 13.5. The predicted molar refractivity (Wildman–Crippen MR) is 115 cm³/mol. The summed E-state index contributed by atoms with van der Waals surface area (Å²) in [7, 11) is 1.69. The highest BCUT2D eigenvalue weighted by Crippen LogP contribution is 2.32. The van der Waals surface area contributed by atoms with Crippen LogP contribution in [0.1, 0.15) is 21.9 Å². The minimum atomic E-state index is -0.358. The Bertz CT molecular complexity index is 959. The van der Waals surface area contributed by atoms with Crippen molar-refractivity contribution in [2.24, 2.45) is 16.5 Å². The topological polar surface area (TPSA) is 109 Å². The van der Waals surface area contributed by atoms with Gasteiger partial charge in [0.25, 0.3) is 5.91 Å². The first-order valence-corrected chi connectivity index (χ1v) is 9.73. The Morgan fingerprint density at radius 1 is 1.32 bits per heavy atom. The highest BCUT2D eigenvalue weighted by molar-refractivity contribution is 7.11. The summed E-state index contributed by atoms with van der Waals surface area (Å²) in [5.74, 6) is -0.446. The van der Waals surface area contributed by atoms with Gasteiger partial charge in [-0.25, -0.2) is 0 Å². The number of thiophene rings is 1. The summed E-state index contributed by atoms with van der Waals surface area (Å²) in [6.07, 6.45) is 4.68. The Kier molecular flexibility index (Phi) is 6.06. The third-order valence-electron chi connectivity index (χ3n) is 4.69. The molecule has 1 amide bonds. The Hall–Kier alpha value is -3.19. The van der Waals surface area contributed by atoms with E-state index in [1.165, 1.54) is 23.6 Å². The lowest BCUT2D eigenvalue weighted by atomic mass is 9.85. The minimum Gasteiger partial charge on any atom is -0.404 e. The van der Waals surface area contributed by atoms with Crippen LogP contribution in [0.25, 0.3) is 5.70 Å². The number of nitrogens with zero attached hydrogens (tertiary/aromatic N) is 2. The SMILES string of the molecule is CN=CC(=CN)C1CN(C(=O)C(=N)C=C(N)c2cccs2)Cc2ccccc21. The zero-order valence-electron chi connectivity index (χ0n) is 15.6. The van der Waals surface area contributed by atoms with Gasteiger partial charge >= 0.3 is 0 Å². The third kappa shape index (κ3) is 4.04. The molecule has 1 aromatic carbocycles. The van der Waals surface area contributed by atoms with Gasteiger partial charge in [0.1, 0.15) is 5.71 Å². The Balaban J connectivity index is 1.87. The largest absolute Gasteiger partial charge is 0.404 e. The Labute approximate surface area is 168 Å². The summed E-state index contributed by atoms with van der Waals surface area (Å²) in [6, 6.07) is 11.7. The molecule has 5 N–H and O–H groups in total. The molecule has 28 heavy (non-hydrogen) atoms. The fraction of sp³-hybridized carbons (Fsp3) is 0.190. The van der Waals surface area contributed by atoms with Crippen molar-refractivity contribution in [3.63, 3.8) is 0 Å². The molecule has 0 saturated carbocycles. The normalized spacial score (nSPS) is 17.6. The van der Waals surface area contributed by atoms with Gasteiger partial charge in [0, 0.05) is 32.3 Å². The monoisotopic (exact) mass is 393 g/mol. The quantitative estimate of drug-likeness (QED) is 0.680. The van der Waals surface area contributed by atoms with Gasteiger partial charge in [-0.3, -0.25) is 15.2 Å². The lowest BCUT2D eigenvalue weighted by Crippen LogP contribution is -2.42. The summed E-state index contributed by atoms with van der Waals surface area (Å²) in [5.41, 5.74) is 15.2. The number of hydrogen-bond donors (Lipinski definition) is 3. The molecular formula is C21H23N5OS. The van der Waals surface area contributed by atoms with Crippen molar-refractivity contribution in [1.82, 2.24) is 4.90 Å². The second-order valence-corrected chi connectivity index (χ2v) is 7.43. The van der Waals surface area contributed by atoms with Gasteiger partial charge in [-0.2, -0.15) is 0 Å². The van der Waals surface area contributed by atoms with Crippen molar-refractivity contribution in [3.05, 3.63) is 75.6 Å². The van der Waals surface area contributed by atoms with Gasteiger partial charge in [0.15, 0.2) is 0 Å². The molecule has 144 valence electrons. The Morgan fingerprint density at radius 3 is 2.79 bits per heavy atom. The molecule has 1 aliphatic rings. The average molecular weight is 394 g/mol. The summed E-state index contributed by atoms with van der Waals surface area (Å²) < 4.78 is 0. The van der Waals surface area contributed by atoms with Crippen LogP contribution in [0.5, 0.6) is 0 Å². The number of carbonyl (C=O) groups is 1. The van der Waals surface area contributed by atoms with E-state index < -0.39 is 0 Å². The van der Waals surface area contributed by atoms with Crippen molar-refractivity contribution in [2.45, 2.75) is 12.5 Å². The first-order valence-electron chi connectivity index (χ1n) is 8.85. The van der Waals surface area contributed by atoms with Crippen molar-refractivity contribution in [2.75, 3.05) is 13.6 Å². The third-order valence-corrected chi connectivity index (χ3v) is 5.61. The molecule has 2 heterocycles. The first kappa shape index (κ1) is 19.6. The average Bonchev–Trinajstić information content (AvgIpc) is 3.25. The van der Waals surface area contributed by atoms with Crippen molar-refractivity contribution in [1.29, 1.82) is 5.41 Å². The number of hydrogen-bond acceptors (Lipinski definition) is 6. The number of nitrogens with two attached hydrogens (primary N) is 2. The van der Waals surface area contributed by atoms with E-state index in [2.05, 4.69) is 11.1 Å². The van der Waals surface area contributed by atoms with Gasteiger partial charge in [-0.05, 0) is 40.4 Å². The molecule has 0 bridgehead atoms. The van der Waals surface area contributed by atoms with Crippen molar-refractivity contribution in [3.8, 4) is 0 Å². The fourth-order valence-corrected chi connectivity index (χ4v) is 4.00. The maximum Gasteiger partial charge on any atom is 0.272 e. The standard InChI is InChI=1S/C21H23N5OS/c1-25-11-15(10-22)17-13-26(12-14-5-2-3-6-16(14)17)21(27)19(24)9-18(23)20-7-4-8-28-20/h2-11,17,24H,12-13,22-23H2,1H3. The molecule has 0 radical (unpaired) electrons. The molecule has 0 spiro atoms. The van der Waals surface area contributed by atoms with Gasteiger partial charge in [-0.1, -0.05) is 30.3 Å². The summed E-state index contributed by atoms with van der Waals surface area (Å²) >= 11 is 1.47. The van der Waals surface area contributed by atoms with Crippen LogP contribution in [0.2, 0.25) is 0 Å². The van der Waals surface area contributed by atoms with Gasteiger partial charge in [-0.15, -0.1) is 11.3 Å². The molecule has 3 rings (SSSR count). The molecule has 1 unspecified atom stereocenters. The molecule has 1 aromatic heterocycles. The van der Waals surface area contributed by atoms with E-state index >= 15 is 0 Å². The predicted octanol–water partition coefficient (Wildman–Crippen LogP) is 2.74. The van der Waals surface area contributed by atoms with E-state index in [9.17, 15) is 4.79 Å². The highest BCUT2D eigenvalue weighted by atomic mass is 32.1. The maximum atomic E-state index is 12.9. The molecule has 2 aromatic rings. The zero-order valence-corrected chi connectivity index (χ0v) is 16.4. The van der Waals surface area contributed by atoms with E-state index in [1.54, 1.807) is 18.2 Å². The maximum absolute atomic E-state index is 12.9. The van der Waals surface area contributed by atoms with Crippen molar-refractivity contribution < 1.29 is 4.79 Å². The van der Waals surface area contributed by atoms with Crippen LogP contribution in [0.15, 0.2) is 64.6 Å². The van der Waals surface area contributed by atoms with Crippen LogP contribution >= 0.6 is 11.3 Å². The molecular weight excluding hydrogens is 370 g/mol. The number of rotatable bonds is 5. The van der Waals surface area contributed by atoms with E-state index in [-0.39, 0.29) is 17.5 Å². The Morgan fingerprint density at radius 2 is 2.11 bits per heavy atom. The van der Waals surface area contributed by atoms with Gasteiger partial charge in [0.2, 0.25) is 0 Å².